The number of furan rings is 1. The predicted molar refractivity (Wildman–Crippen MR) is 63.5 cm³/mol. The lowest BCUT2D eigenvalue weighted by Crippen LogP contribution is -2.24. The number of carbonyl (C=O) groups excluding carboxylic acids is 1. The van der Waals surface area contributed by atoms with Crippen LogP contribution in [0.5, 0.6) is 0 Å². The fourth-order valence-electron chi connectivity index (χ4n) is 1.22. The highest BCUT2D eigenvalue weighted by Crippen LogP contribution is 2.21. The number of hydrogen-bond acceptors (Lipinski definition) is 5. The first-order valence-corrected chi connectivity index (χ1v) is 5.79. The Labute approximate surface area is 97.0 Å². The van der Waals surface area contributed by atoms with Crippen LogP contribution in [0.4, 0.5) is 0 Å². The maximum atomic E-state index is 11.3. The molecule has 2 heterocycles. The average Bonchev–Trinajstić information content (AvgIpc) is 2.88. The van der Waals surface area contributed by atoms with Crippen molar-refractivity contribution < 1.29 is 9.21 Å². The van der Waals surface area contributed by atoms with Gasteiger partial charge in [0.25, 0.3) is 0 Å². The minimum absolute atomic E-state index is 0.000511. The van der Waals surface area contributed by atoms with Crippen molar-refractivity contribution in [2.24, 2.45) is 10.2 Å². The first kappa shape index (κ1) is 10.9. The third-order valence-electron chi connectivity index (χ3n) is 2.02. The van der Waals surface area contributed by atoms with Crippen molar-refractivity contribution in [3.8, 4) is 0 Å². The second-order valence-electron chi connectivity index (χ2n) is 3.17. The van der Waals surface area contributed by atoms with Crippen molar-refractivity contribution in [3.63, 3.8) is 0 Å². The van der Waals surface area contributed by atoms with E-state index in [4.69, 9.17) is 4.42 Å². The van der Waals surface area contributed by atoms with Gasteiger partial charge < -0.3 is 9.73 Å². The molecule has 1 N–H and O–H groups in total. The molecule has 1 atom stereocenters. The van der Waals surface area contributed by atoms with Gasteiger partial charge in [-0.3, -0.25) is 4.79 Å². The summed E-state index contributed by atoms with van der Waals surface area (Å²) in [6, 6.07) is 3.55. The fourth-order valence-corrected chi connectivity index (χ4v) is 2.08. The van der Waals surface area contributed by atoms with Gasteiger partial charge >= 0.3 is 0 Å². The zero-order valence-corrected chi connectivity index (χ0v) is 9.53. The minimum atomic E-state index is -0.0439. The van der Waals surface area contributed by atoms with Crippen LogP contribution in [0.1, 0.15) is 19.1 Å². The van der Waals surface area contributed by atoms with Crippen molar-refractivity contribution in [2.45, 2.75) is 18.6 Å². The number of amides is 1. The summed E-state index contributed by atoms with van der Waals surface area (Å²) < 4.78 is 5.05. The van der Waals surface area contributed by atoms with Gasteiger partial charge in [-0.05, 0) is 18.6 Å². The van der Waals surface area contributed by atoms with Gasteiger partial charge in [-0.25, -0.2) is 0 Å². The third-order valence-corrected chi connectivity index (χ3v) is 3.26. The van der Waals surface area contributed by atoms with Crippen molar-refractivity contribution in [3.05, 3.63) is 24.2 Å². The maximum absolute atomic E-state index is 11.3. The van der Waals surface area contributed by atoms with Gasteiger partial charge in [-0.15, -0.1) is 5.10 Å². The van der Waals surface area contributed by atoms with Crippen molar-refractivity contribution in [1.82, 2.24) is 5.32 Å². The van der Waals surface area contributed by atoms with Crippen molar-refractivity contribution >= 4 is 29.1 Å². The topological polar surface area (TPSA) is 67.0 Å². The number of rotatable bonds is 3. The average molecular weight is 237 g/mol. The predicted octanol–water partition coefficient (Wildman–Crippen LogP) is 1.61. The number of nitrogens with one attached hydrogen (secondary N) is 1. The van der Waals surface area contributed by atoms with E-state index in [1.807, 2.05) is 6.92 Å². The Bertz CT molecular complexity index is 425. The standard InChI is InChI=1S/C10H11N3O2S/c1-2-8-9(14)12-10(16-8)13-11-6-7-4-3-5-15-7/h3-6,8H,2H2,1H3,(H,12,13,14)/t8-/m1/s1. The maximum Gasteiger partial charge on any atom is 0.239 e. The molecule has 0 saturated carbocycles. The van der Waals surface area contributed by atoms with Crippen LogP contribution >= 0.6 is 11.8 Å². The zero-order chi connectivity index (χ0) is 11.4. The number of amidine groups is 1. The monoisotopic (exact) mass is 237 g/mol. The molecule has 1 amide bonds. The van der Waals surface area contributed by atoms with Gasteiger partial charge in [-0.2, -0.15) is 5.10 Å². The first-order chi connectivity index (χ1) is 7.79. The molecule has 1 fully saturated rings. The molecule has 0 spiro atoms. The van der Waals surface area contributed by atoms with E-state index < -0.39 is 0 Å². The quantitative estimate of drug-likeness (QED) is 0.641. The molecule has 16 heavy (non-hydrogen) atoms. The van der Waals surface area contributed by atoms with Crippen LogP contribution < -0.4 is 5.32 Å². The highest BCUT2D eigenvalue weighted by Gasteiger charge is 2.28. The second kappa shape index (κ2) is 4.98. The van der Waals surface area contributed by atoms with E-state index in [1.165, 1.54) is 18.0 Å². The summed E-state index contributed by atoms with van der Waals surface area (Å²) >= 11 is 1.40. The third kappa shape index (κ3) is 2.52. The normalized spacial score (nSPS) is 23.2. The van der Waals surface area contributed by atoms with Crippen molar-refractivity contribution in [2.75, 3.05) is 0 Å². The summed E-state index contributed by atoms with van der Waals surface area (Å²) in [6.45, 7) is 1.96. The summed E-state index contributed by atoms with van der Waals surface area (Å²) in [5.41, 5.74) is 0. The van der Waals surface area contributed by atoms with E-state index in [9.17, 15) is 4.79 Å². The number of nitrogens with zero attached hydrogens (tertiary/aromatic N) is 2. The Morgan fingerprint density at radius 1 is 1.69 bits per heavy atom. The SMILES string of the molecule is CC[C@H]1S/C(=N\N=Cc2ccco2)NC1=O. The van der Waals surface area contributed by atoms with Gasteiger partial charge in [-0.1, -0.05) is 18.7 Å². The molecule has 0 unspecified atom stereocenters. The van der Waals surface area contributed by atoms with Gasteiger partial charge in [0, 0.05) is 0 Å². The van der Waals surface area contributed by atoms with Gasteiger partial charge in [0.1, 0.15) is 5.76 Å². The lowest BCUT2D eigenvalue weighted by molar-refractivity contribution is -0.118. The Hall–Kier alpha value is -1.56. The van der Waals surface area contributed by atoms with Crippen molar-refractivity contribution in [1.29, 1.82) is 0 Å². The molecule has 1 aromatic heterocycles. The first-order valence-electron chi connectivity index (χ1n) is 4.91. The molecular formula is C10H11N3O2S. The zero-order valence-electron chi connectivity index (χ0n) is 8.71. The Morgan fingerprint density at radius 2 is 2.56 bits per heavy atom. The molecule has 0 bridgehead atoms. The molecule has 1 aliphatic rings. The number of thioether (sulfide) groups is 1. The molecule has 0 aromatic carbocycles. The Kier molecular flexibility index (Phi) is 3.40. The van der Waals surface area contributed by atoms with E-state index in [2.05, 4.69) is 15.5 Å². The molecule has 84 valence electrons. The Balaban J connectivity index is 1.97. The Morgan fingerprint density at radius 3 is 3.19 bits per heavy atom. The van der Waals surface area contributed by atoms with Crippen LogP contribution in [0.3, 0.4) is 0 Å². The lowest BCUT2D eigenvalue weighted by Gasteiger charge is -1.95. The van der Waals surface area contributed by atoms with E-state index in [-0.39, 0.29) is 11.2 Å². The highest BCUT2D eigenvalue weighted by molar-refractivity contribution is 8.15. The van der Waals surface area contributed by atoms with Gasteiger partial charge in [0.15, 0.2) is 5.17 Å². The molecule has 1 aromatic rings. The molecule has 0 radical (unpaired) electrons. The molecule has 0 aliphatic carbocycles. The summed E-state index contributed by atoms with van der Waals surface area (Å²) in [5, 5.41) is 10.9. The number of carbonyl (C=O) groups is 1. The van der Waals surface area contributed by atoms with Crippen LogP contribution in [0, 0.1) is 0 Å². The van der Waals surface area contributed by atoms with E-state index in [1.54, 1.807) is 18.4 Å². The van der Waals surface area contributed by atoms with Crippen LogP contribution in [0.25, 0.3) is 0 Å². The lowest BCUT2D eigenvalue weighted by atomic mass is 10.3. The molecule has 1 aliphatic heterocycles. The minimum Gasteiger partial charge on any atom is -0.463 e. The van der Waals surface area contributed by atoms with Crippen LogP contribution in [-0.4, -0.2) is 22.5 Å². The van der Waals surface area contributed by atoms with E-state index >= 15 is 0 Å². The molecule has 5 nitrogen and oxygen atoms in total. The summed E-state index contributed by atoms with van der Waals surface area (Å²) in [4.78, 5) is 11.3. The van der Waals surface area contributed by atoms with Crippen LogP contribution in [0.15, 0.2) is 33.0 Å². The summed E-state index contributed by atoms with van der Waals surface area (Å²) in [5.74, 6) is 0.630. The van der Waals surface area contributed by atoms with Crippen LogP contribution in [-0.2, 0) is 4.79 Å². The summed E-state index contributed by atoms with van der Waals surface area (Å²) in [7, 11) is 0. The van der Waals surface area contributed by atoms with Gasteiger partial charge in [0.05, 0.1) is 17.7 Å². The number of hydrogen-bond donors (Lipinski definition) is 1. The molecule has 2 rings (SSSR count). The van der Waals surface area contributed by atoms with E-state index in [0.29, 0.717) is 10.9 Å². The molecule has 1 saturated heterocycles. The largest absolute Gasteiger partial charge is 0.463 e. The van der Waals surface area contributed by atoms with Crippen LogP contribution in [0.2, 0.25) is 0 Å². The highest BCUT2D eigenvalue weighted by atomic mass is 32.2. The molecular weight excluding hydrogens is 226 g/mol. The fraction of sp³-hybridized carbons (Fsp3) is 0.300. The summed E-state index contributed by atoms with van der Waals surface area (Å²) in [6.07, 6.45) is 3.85. The second-order valence-corrected chi connectivity index (χ2v) is 4.36. The molecule has 6 heteroatoms. The van der Waals surface area contributed by atoms with E-state index in [0.717, 1.165) is 6.42 Å². The van der Waals surface area contributed by atoms with Gasteiger partial charge in [0.2, 0.25) is 5.91 Å². The smallest absolute Gasteiger partial charge is 0.239 e.